The summed E-state index contributed by atoms with van der Waals surface area (Å²) >= 11 is 0. The largest absolute Gasteiger partial charge is 0.388 e. The van der Waals surface area contributed by atoms with Gasteiger partial charge in [0.2, 0.25) is 0 Å². The minimum atomic E-state index is -3.64. The first kappa shape index (κ1) is 16.2. The molecule has 0 amide bonds. The van der Waals surface area contributed by atoms with E-state index in [1.54, 1.807) is 20.9 Å². The van der Waals surface area contributed by atoms with E-state index in [4.69, 9.17) is 9.47 Å². The average Bonchev–Trinajstić information content (AvgIpc) is 2.72. The van der Waals surface area contributed by atoms with Crippen LogP contribution in [0.25, 0.3) is 0 Å². The predicted molar refractivity (Wildman–Crippen MR) is 79.6 cm³/mol. The highest BCUT2D eigenvalue weighted by molar-refractivity contribution is 7.86. The molecule has 0 saturated carbocycles. The van der Waals surface area contributed by atoms with Gasteiger partial charge in [-0.25, -0.2) is 0 Å². The van der Waals surface area contributed by atoms with Crippen molar-refractivity contribution in [3.8, 4) is 0 Å². The third-order valence-corrected chi connectivity index (χ3v) is 4.59. The summed E-state index contributed by atoms with van der Waals surface area (Å²) in [6.07, 6.45) is -1.10. The van der Waals surface area contributed by atoms with Crippen LogP contribution in [0.15, 0.2) is 24.3 Å². The van der Waals surface area contributed by atoms with E-state index in [1.807, 2.05) is 24.3 Å². The van der Waals surface area contributed by atoms with Crippen molar-refractivity contribution in [3.63, 3.8) is 0 Å². The van der Waals surface area contributed by atoms with Crippen LogP contribution in [0.3, 0.4) is 0 Å². The van der Waals surface area contributed by atoms with Crippen LogP contribution in [0.5, 0.6) is 0 Å². The molecule has 0 aromatic heterocycles. The summed E-state index contributed by atoms with van der Waals surface area (Å²) in [7, 11) is -0.687. The van der Waals surface area contributed by atoms with Crippen molar-refractivity contribution in [2.45, 2.75) is 31.8 Å². The van der Waals surface area contributed by atoms with Crippen LogP contribution in [-0.2, 0) is 23.8 Å². The van der Waals surface area contributed by atoms with Crippen molar-refractivity contribution >= 4 is 15.8 Å². The van der Waals surface area contributed by atoms with Crippen molar-refractivity contribution < 1.29 is 22.1 Å². The van der Waals surface area contributed by atoms with E-state index in [-0.39, 0.29) is 5.75 Å². The van der Waals surface area contributed by atoms with Gasteiger partial charge in [0, 0.05) is 18.3 Å². The van der Waals surface area contributed by atoms with Gasteiger partial charge in [0.25, 0.3) is 10.1 Å². The lowest BCUT2D eigenvalue weighted by Gasteiger charge is -2.19. The zero-order valence-electron chi connectivity index (χ0n) is 12.6. The van der Waals surface area contributed by atoms with Crippen molar-refractivity contribution in [1.29, 1.82) is 0 Å². The van der Waals surface area contributed by atoms with Crippen LogP contribution in [0.1, 0.15) is 25.5 Å². The maximum Gasteiger partial charge on any atom is 0.269 e. The van der Waals surface area contributed by atoms with Gasteiger partial charge in [-0.3, -0.25) is 4.18 Å². The molecule has 0 spiro atoms. The van der Waals surface area contributed by atoms with Gasteiger partial charge in [0.15, 0.2) is 5.79 Å². The van der Waals surface area contributed by atoms with Crippen molar-refractivity contribution in [2.75, 3.05) is 25.2 Å². The fraction of sp³-hybridized carbons (Fsp3) is 0.571. The quantitative estimate of drug-likeness (QED) is 0.837. The van der Waals surface area contributed by atoms with Crippen LogP contribution in [0, 0.1) is 0 Å². The third kappa shape index (κ3) is 3.74. The van der Waals surface area contributed by atoms with Gasteiger partial charge >= 0.3 is 0 Å². The molecule has 21 heavy (non-hydrogen) atoms. The summed E-state index contributed by atoms with van der Waals surface area (Å²) in [6.45, 7) is 3.53. The minimum Gasteiger partial charge on any atom is -0.388 e. The number of nitrogens with one attached hydrogen (secondary N) is 1. The molecule has 0 radical (unpaired) electrons. The highest BCUT2D eigenvalue weighted by Crippen LogP contribution is 2.41. The Morgan fingerprint density at radius 3 is 2.57 bits per heavy atom. The van der Waals surface area contributed by atoms with Gasteiger partial charge in [-0.05, 0) is 19.9 Å². The van der Waals surface area contributed by atoms with Gasteiger partial charge in [-0.15, -0.1) is 0 Å². The monoisotopic (exact) mass is 315 g/mol. The van der Waals surface area contributed by atoms with E-state index < -0.39 is 28.1 Å². The Kier molecular flexibility index (Phi) is 4.57. The number of hydrogen-bond donors (Lipinski definition) is 1. The molecule has 0 aliphatic carbocycles. The highest BCUT2D eigenvalue weighted by Gasteiger charge is 2.44. The lowest BCUT2D eigenvalue weighted by atomic mass is 10.0. The van der Waals surface area contributed by atoms with Gasteiger partial charge in [0.1, 0.15) is 18.0 Å². The standard InChI is InChI=1S/C14H21NO5S/c1-14(2)19-12(9-21(16,17)18-4)13(20-14)10-7-5-6-8-11(10)15-3/h5-8,12-13,15H,9H2,1-4H3/t12-,13+/m0/s1. The predicted octanol–water partition coefficient (Wildman–Crippen LogP) is 1.90. The number of anilines is 1. The van der Waals surface area contributed by atoms with Crippen LogP contribution in [0.2, 0.25) is 0 Å². The molecule has 1 aliphatic rings. The summed E-state index contributed by atoms with van der Waals surface area (Å²) < 4.78 is 39.6. The number of benzene rings is 1. The third-order valence-electron chi connectivity index (χ3n) is 3.34. The Hall–Kier alpha value is -1.15. The normalized spacial score (nSPS) is 25.0. The second kappa shape index (κ2) is 5.92. The molecule has 1 heterocycles. The molecule has 1 aliphatic heterocycles. The second-order valence-electron chi connectivity index (χ2n) is 5.32. The van der Waals surface area contributed by atoms with Crippen LogP contribution >= 0.6 is 0 Å². The second-order valence-corrected chi connectivity index (χ2v) is 7.10. The highest BCUT2D eigenvalue weighted by atomic mass is 32.2. The molecule has 0 bridgehead atoms. The Bertz CT molecular complexity index is 599. The first-order valence-electron chi connectivity index (χ1n) is 6.68. The zero-order chi connectivity index (χ0) is 15.7. The van der Waals surface area contributed by atoms with Crippen molar-refractivity contribution in [2.24, 2.45) is 0 Å². The topological polar surface area (TPSA) is 73.9 Å². The lowest BCUT2D eigenvalue weighted by molar-refractivity contribution is -0.145. The van der Waals surface area contributed by atoms with Gasteiger partial charge in [-0.2, -0.15) is 8.42 Å². The fourth-order valence-electron chi connectivity index (χ4n) is 2.46. The van der Waals surface area contributed by atoms with E-state index in [0.29, 0.717) is 0 Å². The minimum absolute atomic E-state index is 0.254. The Morgan fingerprint density at radius 2 is 1.95 bits per heavy atom. The number of ether oxygens (including phenoxy) is 2. The fourth-order valence-corrected chi connectivity index (χ4v) is 3.24. The van der Waals surface area contributed by atoms with E-state index in [9.17, 15) is 8.42 Å². The molecule has 1 N–H and O–H groups in total. The van der Waals surface area contributed by atoms with Crippen LogP contribution in [-0.4, -0.2) is 40.2 Å². The van der Waals surface area contributed by atoms with Crippen LogP contribution < -0.4 is 5.32 Å². The summed E-state index contributed by atoms with van der Waals surface area (Å²) in [6, 6.07) is 7.59. The smallest absolute Gasteiger partial charge is 0.269 e. The SMILES string of the molecule is CNc1ccccc1[C@H]1OC(C)(C)O[C@H]1CS(=O)(=O)OC. The molecule has 118 valence electrons. The first-order valence-corrected chi connectivity index (χ1v) is 8.26. The summed E-state index contributed by atoms with van der Waals surface area (Å²) in [5, 5.41) is 3.08. The summed E-state index contributed by atoms with van der Waals surface area (Å²) in [4.78, 5) is 0. The molecule has 2 atom stereocenters. The van der Waals surface area contributed by atoms with E-state index in [1.165, 1.54) is 0 Å². The van der Waals surface area contributed by atoms with E-state index in [2.05, 4.69) is 9.50 Å². The molecule has 1 fully saturated rings. The maximum atomic E-state index is 11.7. The van der Waals surface area contributed by atoms with Gasteiger partial charge in [0.05, 0.1) is 7.11 Å². The molecule has 0 unspecified atom stereocenters. The number of rotatable bonds is 5. The molecule has 7 heteroatoms. The molecule has 1 aromatic carbocycles. The van der Waals surface area contributed by atoms with Crippen LogP contribution in [0.4, 0.5) is 5.69 Å². The van der Waals surface area contributed by atoms with E-state index in [0.717, 1.165) is 18.4 Å². The summed E-state index contributed by atoms with van der Waals surface area (Å²) in [5.41, 5.74) is 1.74. The van der Waals surface area contributed by atoms with Crippen molar-refractivity contribution in [3.05, 3.63) is 29.8 Å². The number of hydrogen-bond acceptors (Lipinski definition) is 6. The van der Waals surface area contributed by atoms with Gasteiger partial charge < -0.3 is 14.8 Å². The molecular weight excluding hydrogens is 294 g/mol. The van der Waals surface area contributed by atoms with E-state index >= 15 is 0 Å². The molecular formula is C14H21NO5S. The molecule has 1 saturated heterocycles. The average molecular weight is 315 g/mol. The summed E-state index contributed by atoms with van der Waals surface area (Å²) in [5.74, 6) is -1.10. The molecule has 6 nitrogen and oxygen atoms in total. The molecule has 1 aromatic rings. The molecule has 2 rings (SSSR count). The Labute approximate surface area is 125 Å². The number of para-hydroxylation sites is 1. The lowest BCUT2D eigenvalue weighted by Crippen LogP contribution is -2.28. The first-order chi connectivity index (χ1) is 9.78. The Balaban J connectivity index is 2.35. The van der Waals surface area contributed by atoms with Crippen molar-refractivity contribution in [1.82, 2.24) is 0 Å². The van der Waals surface area contributed by atoms with Gasteiger partial charge in [-0.1, -0.05) is 18.2 Å². The Morgan fingerprint density at radius 1 is 1.29 bits per heavy atom. The maximum absolute atomic E-state index is 11.7. The zero-order valence-corrected chi connectivity index (χ0v) is 13.4.